The summed E-state index contributed by atoms with van der Waals surface area (Å²) >= 11 is 0. The molecule has 7 heteroatoms. The number of aliphatic hydroxyl groups is 1. The quantitative estimate of drug-likeness (QED) is 0.641. The zero-order chi connectivity index (χ0) is 12.4. The maximum atomic E-state index is 10.6. The molecule has 1 N–H and O–H groups in total. The highest BCUT2D eigenvalue weighted by atomic mass is 16.6. The Morgan fingerprint density at radius 2 is 2.29 bits per heavy atom. The highest BCUT2D eigenvalue weighted by Gasteiger charge is 2.14. The lowest BCUT2D eigenvalue weighted by molar-refractivity contribution is -0.384. The van der Waals surface area contributed by atoms with E-state index < -0.39 is 11.0 Å². The Morgan fingerprint density at radius 1 is 1.53 bits per heavy atom. The van der Waals surface area contributed by atoms with Crippen LogP contribution in [0.4, 0.5) is 5.69 Å². The first-order valence-corrected chi connectivity index (χ1v) is 4.84. The van der Waals surface area contributed by atoms with Crippen molar-refractivity contribution in [2.75, 3.05) is 0 Å². The summed E-state index contributed by atoms with van der Waals surface area (Å²) in [6.45, 7) is 1.49. The van der Waals surface area contributed by atoms with Crippen molar-refractivity contribution in [1.82, 2.24) is 10.1 Å². The second-order valence-electron chi connectivity index (χ2n) is 3.44. The average Bonchev–Trinajstić information content (AvgIpc) is 2.78. The molecule has 7 nitrogen and oxygen atoms in total. The number of hydrogen-bond acceptors (Lipinski definition) is 6. The van der Waals surface area contributed by atoms with Gasteiger partial charge >= 0.3 is 0 Å². The summed E-state index contributed by atoms with van der Waals surface area (Å²) in [6.07, 6.45) is -0.866. The maximum Gasteiger partial charge on any atom is 0.270 e. The van der Waals surface area contributed by atoms with E-state index in [9.17, 15) is 15.2 Å². The van der Waals surface area contributed by atoms with Gasteiger partial charge in [0.1, 0.15) is 6.10 Å². The Labute approximate surface area is 95.9 Å². The standard InChI is InChI=1S/C10H9N3O4/c1-6(14)10-11-9(12-17-10)7-3-2-4-8(5-7)13(15)16/h2-6,14H,1H3/t6-/m0/s1. The second kappa shape index (κ2) is 4.30. The molecule has 2 aromatic rings. The van der Waals surface area contributed by atoms with E-state index in [0.29, 0.717) is 5.56 Å². The van der Waals surface area contributed by atoms with Crippen LogP contribution in [0.15, 0.2) is 28.8 Å². The van der Waals surface area contributed by atoms with E-state index in [4.69, 9.17) is 4.52 Å². The molecule has 1 atom stereocenters. The molecule has 0 radical (unpaired) electrons. The molecule has 0 fully saturated rings. The first-order chi connectivity index (χ1) is 8.08. The van der Waals surface area contributed by atoms with Crippen molar-refractivity contribution in [3.05, 3.63) is 40.3 Å². The van der Waals surface area contributed by atoms with Crippen molar-refractivity contribution in [2.45, 2.75) is 13.0 Å². The summed E-state index contributed by atoms with van der Waals surface area (Å²) in [6, 6.07) is 5.88. The van der Waals surface area contributed by atoms with Gasteiger partial charge in [-0.2, -0.15) is 4.98 Å². The summed E-state index contributed by atoms with van der Waals surface area (Å²) in [5, 5.41) is 23.5. The van der Waals surface area contributed by atoms with Crippen LogP contribution in [-0.4, -0.2) is 20.2 Å². The van der Waals surface area contributed by atoms with Crippen LogP contribution in [0.1, 0.15) is 18.9 Å². The normalized spacial score (nSPS) is 12.4. The van der Waals surface area contributed by atoms with E-state index in [-0.39, 0.29) is 17.4 Å². The van der Waals surface area contributed by atoms with Gasteiger partial charge in [-0.15, -0.1) is 0 Å². The second-order valence-corrected chi connectivity index (χ2v) is 3.44. The van der Waals surface area contributed by atoms with Crippen molar-refractivity contribution < 1.29 is 14.6 Å². The average molecular weight is 235 g/mol. The molecule has 0 saturated heterocycles. The van der Waals surface area contributed by atoms with Gasteiger partial charge in [-0.05, 0) is 6.92 Å². The molecular formula is C10H9N3O4. The molecule has 2 rings (SSSR count). The zero-order valence-electron chi connectivity index (χ0n) is 8.90. The summed E-state index contributed by atoms with van der Waals surface area (Å²) in [5.74, 6) is 0.288. The minimum atomic E-state index is -0.866. The third kappa shape index (κ3) is 2.28. The number of benzene rings is 1. The molecule has 0 aliphatic carbocycles. The number of aliphatic hydroxyl groups excluding tert-OH is 1. The van der Waals surface area contributed by atoms with Crippen molar-refractivity contribution in [1.29, 1.82) is 0 Å². The Hall–Kier alpha value is -2.28. The van der Waals surface area contributed by atoms with Gasteiger partial charge in [0.25, 0.3) is 11.6 Å². The minimum Gasteiger partial charge on any atom is -0.384 e. The number of nitro groups is 1. The molecule has 0 saturated carbocycles. The highest BCUT2D eigenvalue weighted by molar-refractivity contribution is 5.58. The van der Waals surface area contributed by atoms with E-state index in [1.54, 1.807) is 6.07 Å². The topological polar surface area (TPSA) is 102 Å². The molecule has 1 aromatic heterocycles. The fraction of sp³-hybridized carbons (Fsp3) is 0.200. The Kier molecular flexibility index (Phi) is 2.84. The SMILES string of the molecule is C[C@H](O)c1nc(-c2cccc([N+](=O)[O-])c2)no1. The van der Waals surface area contributed by atoms with Crippen molar-refractivity contribution in [2.24, 2.45) is 0 Å². The lowest BCUT2D eigenvalue weighted by Gasteiger charge is -1.94. The van der Waals surface area contributed by atoms with Gasteiger partial charge in [0.15, 0.2) is 0 Å². The third-order valence-corrected chi connectivity index (χ3v) is 2.11. The van der Waals surface area contributed by atoms with E-state index in [2.05, 4.69) is 10.1 Å². The van der Waals surface area contributed by atoms with Crippen LogP contribution >= 0.6 is 0 Å². The van der Waals surface area contributed by atoms with Gasteiger partial charge in [0.2, 0.25) is 5.82 Å². The summed E-state index contributed by atoms with van der Waals surface area (Å²) in [7, 11) is 0. The number of aromatic nitrogens is 2. The fourth-order valence-corrected chi connectivity index (χ4v) is 1.28. The van der Waals surface area contributed by atoms with Crippen LogP contribution in [-0.2, 0) is 0 Å². The number of non-ortho nitro benzene ring substituents is 1. The number of rotatable bonds is 3. The van der Waals surface area contributed by atoms with Gasteiger partial charge in [0.05, 0.1) is 4.92 Å². The van der Waals surface area contributed by atoms with Gasteiger partial charge in [0, 0.05) is 17.7 Å². The summed E-state index contributed by atoms with van der Waals surface area (Å²) in [5.41, 5.74) is 0.417. The molecule has 17 heavy (non-hydrogen) atoms. The Bertz CT molecular complexity index is 550. The van der Waals surface area contributed by atoms with Crippen LogP contribution in [0.2, 0.25) is 0 Å². The molecular weight excluding hydrogens is 226 g/mol. The van der Waals surface area contributed by atoms with Crippen molar-refractivity contribution >= 4 is 5.69 Å². The Balaban J connectivity index is 2.38. The summed E-state index contributed by atoms with van der Waals surface area (Å²) < 4.78 is 4.80. The third-order valence-electron chi connectivity index (χ3n) is 2.11. The fourth-order valence-electron chi connectivity index (χ4n) is 1.28. The van der Waals surface area contributed by atoms with E-state index in [1.165, 1.54) is 25.1 Å². The molecule has 1 aromatic carbocycles. The Morgan fingerprint density at radius 3 is 2.88 bits per heavy atom. The highest BCUT2D eigenvalue weighted by Crippen LogP contribution is 2.22. The van der Waals surface area contributed by atoms with Crippen molar-refractivity contribution in [3.63, 3.8) is 0 Å². The minimum absolute atomic E-state index is 0.0501. The van der Waals surface area contributed by atoms with E-state index in [0.717, 1.165) is 0 Å². The van der Waals surface area contributed by atoms with Crippen molar-refractivity contribution in [3.8, 4) is 11.4 Å². The lowest BCUT2D eigenvalue weighted by atomic mass is 10.2. The first kappa shape index (κ1) is 11.2. The van der Waals surface area contributed by atoms with E-state index in [1.807, 2.05) is 0 Å². The number of nitrogens with zero attached hydrogens (tertiary/aromatic N) is 3. The number of nitro benzene ring substituents is 1. The molecule has 0 aliphatic rings. The predicted molar refractivity (Wildman–Crippen MR) is 57.0 cm³/mol. The van der Waals surface area contributed by atoms with Crippen LogP contribution in [0.5, 0.6) is 0 Å². The molecule has 0 unspecified atom stereocenters. The molecule has 0 bridgehead atoms. The molecule has 0 spiro atoms. The van der Waals surface area contributed by atoms with Crippen LogP contribution in [0, 0.1) is 10.1 Å². The summed E-state index contributed by atoms with van der Waals surface area (Å²) in [4.78, 5) is 14.0. The van der Waals surface area contributed by atoms with Gasteiger partial charge in [-0.1, -0.05) is 17.3 Å². The van der Waals surface area contributed by atoms with Gasteiger partial charge < -0.3 is 9.63 Å². The monoisotopic (exact) mass is 235 g/mol. The molecule has 0 aliphatic heterocycles. The van der Waals surface area contributed by atoms with Crippen LogP contribution in [0.3, 0.4) is 0 Å². The first-order valence-electron chi connectivity index (χ1n) is 4.84. The smallest absolute Gasteiger partial charge is 0.270 e. The van der Waals surface area contributed by atoms with Crippen LogP contribution in [0.25, 0.3) is 11.4 Å². The van der Waals surface area contributed by atoms with E-state index >= 15 is 0 Å². The number of hydrogen-bond donors (Lipinski definition) is 1. The molecule has 88 valence electrons. The largest absolute Gasteiger partial charge is 0.384 e. The molecule has 0 amide bonds. The predicted octanol–water partition coefficient (Wildman–Crippen LogP) is 1.70. The van der Waals surface area contributed by atoms with Crippen LogP contribution < -0.4 is 0 Å². The molecule has 1 heterocycles. The zero-order valence-corrected chi connectivity index (χ0v) is 8.90. The maximum absolute atomic E-state index is 10.6. The van der Waals surface area contributed by atoms with Gasteiger partial charge in [-0.25, -0.2) is 0 Å². The lowest BCUT2D eigenvalue weighted by Crippen LogP contribution is -1.91. The van der Waals surface area contributed by atoms with Gasteiger partial charge in [-0.3, -0.25) is 10.1 Å².